The van der Waals surface area contributed by atoms with Crippen molar-refractivity contribution in [3.8, 4) is 5.75 Å². The lowest BCUT2D eigenvalue weighted by Gasteiger charge is -2.32. The molecular formula is C16H20ClN3O. The van der Waals surface area contributed by atoms with Crippen LogP contribution in [0.15, 0.2) is 36.5 Å². The minimum absolute atomic E-state index is 0.557. The smallest absolute Gasteiger partial charge is 0.137 e. The molecule has 0 saturated carbocycles. The third kappa shape index (κ3) is 3.77. The van der Waals surface area contributed by atoms with Crippen molar-refractivity contribution >= 4 is 11.6 Å². The Bertz CT molecular complexity index is 558. The minimum atomic E-state index is 0.557. The standard InChI is InChI=1S/C16H20ClN3O/c17-14-5-1-2-6-16(14)21-11-10-20-9-3-4-13(12-20)15-7-8-18-19-15/h1-2,5-8,13H,3-4,9-12H2,(H,18,19). The van der Waals surface area contributed by atoms with E-state index in [2.05, 4.69) is 21.2 Å². The Balaban J connectivity index is 1.48. The molecule has 0 bridgehead atoms. The molecule has 2 heterocycles. The van der Waals surface area contributed by atoms with E-state index in [1.807, 2.05) is 30.5 Å². The summed E-state index contributed by atoms with van der Waals surface area (Å²) in [5, 5.41) is 7.82. The Labute approximate surface area is 130 Å². The van der Waals surface area contributed by atoms with Crippen molar-refractivity contribution in [1.82, 2.24) is 15.1 Å². The molecule has 1 aliphatic rings. The van der Waals surface area contributed by atoms with Crippen molar-refractivity contribution in [2.45, 2.75) is 18.8 Å². The minimum Gasteiger partial charge on any atom is -0.491 e. The van der Waals surface area contributed by atoms with E-state index in [0.29, 0.717) is 17.5 Å². The van der Waals surface area contributed by atoms with Crippen LogP contribution in [0.25, 0.3) is 0 Å². The highest BCUT2D eigenvalue weighted by Gasteiger charge is 2.21. The number of hydrogen-bond acceptors (Lipinski definition) is 3. The van der Waals surface area contributed by atoms with E-state index in [-0.39, 0.29) is 0 Å². The van der Waals surface area contributed by atoms with E-state index < -0.39 is 0 Å². The van der Waals surface area contributed by atoms with Crippen LogP contribution in [-0.2, 0) is 0 Å². The summed E-state index contributed by atoms with van der Waals surface area (Å²) in [6.45, 7) is 3.79. The number of nitrogens with zero attached hydrogens (tertiary/aromatic N) is 2. The second-order valence-corrected chi connectivity index (χ2v) is 5.84. The van der Waals surface area contributed by atoms with E-state index in [1.165, 1.54) is 18.5 Å². The van der Waals surface area contributed by atoms with Gasteiger partial charge in [0.05, 0.1) is 5.02 Å². The summed E-state index contributed by atoms with van der Waals surface area (Å²) in [4.78, 5) is 2.45. The summed E-state index contributed by atoms with van der Waals surface area (Å²) < 4.78 is 5.77. The number of aromatic amines is 1. The van der Waals surface area contributed by atoms with Crippen molar-refractivity contribution < 1.29 is 4.74 Å². The Hall–Kier alpha value is -1.52. The number of piperidine rings is 1. The first-order valence-electron chi connectivity index (χ1n) is 7.42. The molecule has 2 aromatic rings. The molecule has 0 amide bonds. The van der Waals surface area contributed by atoms with Gasteiger partial charge in [-0.25, -0.2) is 0 Å². The third-order valence-electron chi connectivity index (χ3n) is 3.97. The van der Waals surface area contributed by atoms with Gasteiger partial charge in [0.2, 0.25) is 0 Å². The number of aromatic nitrogens is 2. The van der Waals surface area contributed by atoms with Gasteiger partial charge >= 0.3 is 0 Å². The molecule has 1 N–H and O–H groups in total. The summed E-state index contributed by atoms with van der Waals surface area (Å²) in [6.07, 6.45) is 4.27. The average molecular weight is 306 g/mol. The number of H-pyrrole nitrogens is 1. The number of ether oxygens (including phenoxy) is 1. The first-order valence-corrected chi connectivity index (χ1v) is 7.79. The van der Waals surface area contributed by atoms with Gasteiger partial charge in [0.1, 0.15) is 12.4 Å². The van der Waals surface area contributed by atoms with Crippen LogP contribution in [0, 0.1) is 0 Å². The molecule has 1 aromatic heterocycles. The van der Waals surface area contributed by atoms with Gasteiger partial charge in [-0.15, -0.1) is 0 Å². The maximum absolute atomic E-state index is 6.09. The Morgan fingerprint density at radius 3 is 3.05 bits per heavy atom. The van der Waals surface area contributed by atoms with E-state index >= 15 is 0 Å². The van der Waals surface area contributed by atoms with Gasteiger partial charge in [0.25, 0.3) is 0 Å². The molecule has 0 aliphatic carbocycles. The molecule has 5 heteroatoms. The predicted molar refractivity (Wildman–Crippen MR) is 83.9 cm³/mol. The molecule has 1 atom stereocenters. The fourth-order valence-corrected chi connectivity index (χ4v) is 3.04. The summed E-state index contributed by atoms with van der Waals surface area (Å²) in [7, 11) is 0. The SMILES string of the molecule is Clc1ccccc1OCCN1CCCC(c2ccn[nH]2)C1. The zero-order valence-corrected chi connectivity index (χ0v) is 12.7. The first kappa shape index (κ1) is 14.4. The van der Waals surface area contributed by atoms with Crippen LogP contribution in [-0.4, -0.2) is 41.3 Å². The second kappa shape index (κ2) is 6.96. The van der Waals surface area contributed by atoms with E-state index in [9.17, 15) is 0 Å². The summed E-state index contributed by atoms with van der Waals surface area (Å²) in [6, 6.07) is 9.69. The monoisotopic (exact) mass is 305 g/mol. The van der Waals surface area contributed by atoms with Gasteiger partial charge in [-0.2, -0.15) is 5.10 Å². The quantitative estimate of drug-likeness (QED) is 0.921. The lowest BCUT2D eigenvalue weighted by Crippen LogP contribution is -2.37. The largest absolute Gasteiger partial charge is 0.491 e. The van der Waals surface area contributed by atoms with Crippen LogP contribution in [0.1, 0.15) is 24.5 Å². The number of benzene rings is 1. The van der Waals surface area contributed by atoms with Gasteiger partial charge in [-0.05, 0) is 37.6 Å². The van der Waals surface area contributed by atoms with Crippen molar-refractivity contribution in [2.24, 2.45) is 0 Å². The van der Waals surface area contributed by atoms with Gasteiger partial charge in [0.15, 0.2) is 0 Å². The molecule has 4 nitrogen and oxygen atoms in total. The molecule has 0 radical (unpaired) electrons. The van der Waals surface area contributed by atoms with E-state index in [4.69, 9.17) is 16.3 Å². The maximum atomic E-state index is 6.09. The molecule has 1 unspecified atom stereocenters. The molecule has 0 spiro atoms. The first-order chi connectivity index (χ1) is 10.3. The van der Waals surface area contributed by atoms with Crippen LogP contribution in [0.2, 0.25) is 5.02 Å². The maximum Gasteiger partial charge on any atom is 0.137 e. The molecular weight excluding hydrogens is 286 g/mol. The van der Waals surface area contributed by atoms with Crippen molar-refractivity contribution in [2.75, 3.05) is 26.2 Å². The fraction of sp³-hybridized carbons (Fsp3) is 0.438. The van der Waals surface area contributed by atoms with Gasteiger partial charge in [-0.1, -0.05) is 23.7 Å². The van der Waals surface area contributed by atoms with Crippen LogP contribution in [0.5, 0.6) is 5.75 Å². The van der Waals surface area contributed by atoms with Gasteiger partial charge in [-0.3, -0.25) is 10.00 Å². The number of rotatable bonds is 5. The average Bonchev–Trinajstić information content (AvgIpc) is 3.04. The lowest BCUT2D eigenvalue weighted by molar-refractivity contribution is 0.169. The molecule has 112 valence electrons. The number of halogens is 1. The highest BCUT2D eigenvalue weighted by atomic mass is 35.5. The highest BCUT2D eigenvalue weighted by Crippen LogP contribution is 2.26. The van der Waals surface area contributed by atoms with Crippen molar-refractivity contribution in [3.63, 3.8) is 0 Å². The molecule has 21 heavy (non-hydrogen) atoms. The van der Waals surface area contributed by atoms with E-state index in [1.54, 1.807) is 0 Å². The lowest BCUT2D eigenvalue weighted by atomic mass is 9.95. The van der Waals surface area contributed by atoms with Crippen LogP contribution >= 0.6 is 11.6 Å². The second-order valence-electron chi connectivity index (χ2n) is 5.43. The van der Waals surface area contributed by atoms with Crippen LogP contribution in [0.4, 0.5) is 0 Å². The normalized spacial score (nSPS) is 19.6. The molecule has 1 aromatic carbocycles. The molecule has 1 fully saturated rings. The zero-order chi connectivity index (χ0) is 14.5. The fourth-order valence-electron chi connectivity index (χ4n) is 2.85. The van der Waals surface area contributed by atoms with Crippen molar-refractivity contribution in [1.29, 1.82) is 0 Å². The number of hydrogen-bond donors (Lipinski definition) is 1. The summed E-state index contributed by atoms with van der Waals surface area (Å²) in [5.41, 5.74) is 1.24. The van der Waals surface area contributed by atoms with Gasteiger partial charge < -0.3 is 4.74 Å². The molecule has 3 rings (SSSR count). The van der Waals surface area contributed by atoms with Crippen molar-refractivity contribution in [3.05, 3.63) is 47.2 Å². The number of para-hydroxylation sites is 1. The Morgan fingerprint density at radius 2 is 2.24 bits per heavy atom. The number of likely N-dealkylation sites (tertiary alicyclic amines) is 1. The predicted octanol–water partition coefficient (Wildman–Crippen LogP) is 3.32. The topological polar surface area (TPSA) is 41.1 Å². The Kier molecular flexibility index (Phi) is 4.78. The van der Waals surface area contributed by atoms with Crippen LogP contribution < -0.4 is 4.74 Å². The zero-order valence-electron chi connectivity index (χ0n) is 12.0. The highest BCUT2D eigenvalue weighted by molar-refractivity contribution is 6.32. The Morgan fingerprint density at radius 1 is 1.33 bits per heavy atom. The van der Waals surface area contributed by atoms with Gasteiger partial charge in [0, 0.05) is 30.9 Å². The van der Waals surface area contributed by atoms with E-state index in [0.717, 1.165) is 25.4 Å². The number of nitrogens with one attached hydrogen (secondary N) is 1. The molecule has 1 aliphatic heterocycles. The molecule has 1 saturated heterocycles. The van der Waals surface area contributed by atoms with Crippen LogP contribution in [0.3, 0.4) is 0 Å². The summed E-state index contributed by atoms with van der Waals surface area (Å²) >= 11 is 6.09. The third-order valence-corrected chi connectivity index (χ3v) is 4.28. The summed E-state index contributed by atoms with van der Waals surface area (Å²) in [5.74, 6) is 1.32.